The largest absolute Gasteiger partial charge is 0.451 e. The van der Waals surface area contributed by atoms with Crippen LogP contribution in [-0.2, 0) is 6.42 Å². The molecule has 0 saturated carbocycles. The normalized spacial score (nSPS) is 19.8. The molecule has 0 fully saturated rings. The van der Waals surface area contributed by atoms with Crippen molar-refractivity contribution in [3.63, 3.8) is 0 Å². The van der Waals surface area contributed by atoms with Gasteiger partial charge in [0.15, 0.2) is 4.67 Å². The molecule has 0 aromatic carbocycles. The highest BCUT2D eigenvalue weighted by atomic mass is 79.9. The van der Waals surface area contributed by atoms with Gasteiger partial charge < -0.3 is 9.73 Å². The van der Waals surface area contributed by atoms with Gasteiger partial charge in [0, 0.05) is 11.4 Å². The van der Waals surface area contributed by atoms with Crippen molar-refractivity contribution in [1.29, 1.82) is 0 Å². The highest BCUT2D eigenvalue weighted by Crippen LogP contribution is 2.36. The van der Waals surface area contributed by atoms with E-state index in [4.69, 9.17) is 4.42 Å². The summed E-state index contributed by atoms with van der Waals surface area (Å²) >= 11 is 8.65. The van der Waals surface area contributed by atoms with Gasteiger partial charge in [0.2, 0.25) is 0 Å². The van der Waals surface area contributed by atoms with Crippen LogP contribution >= 0.6 is 43.2 Å². The molecule has 1 unspecified atom stereocenters. The third-order valence-corrected chi connectivity index (χ3v) is 5.45. The van der Waals surface area contributed by atoms with Gasteiger partial charge in [0.25, 0.3) is 0 Å². The molecule has 0 aliphatic carbocycles. The second-order valence-electron chi connectivity index (χ2n) is 3.71. The molecule has 0 radical (unpaired) electrons. The third-order valence-electron chi connectivity index (χ3n) is 2.74. The minimum absolute atomic E-state index is 0.192. The maximum Gasteiger partial charge on any atom is 0.183 e. The predicted molar refractivity (Wildman–Crippen MR) is 72.0 cm³/mol. The van der Waals surface area contributed by atoms with E-state index >= 15 is 0 Å². The summed E-state index contributed by atoms with van der Waals surface area (Å²) in [6.45, 7) is 1.01. The maximum atomic E-state index is 5.69. The van der Waals surface area contributed by atoms with Crippen LogP contribution < -0.4 is 5.32 Å². The van der Waals surface area contributed by atoms with Crippen LogP contribution in [0.2, 0.25) is 0 Å². The van der Waals surface area contributed by atoms with Crippen LogP contribution in [0.25, 0.3) is 0 Å². The molecule has 3 heterocycles. The highest BCUT2D eigenvalue weighted by Gasteiger charge is 2.25. The summed E-state index contributed by atoms with van der Waals surface area (Å²) in [5.74, 6) is 0.957. The zero-order valence-electron chi connectivity index (χ0n) is 8.30. The van der Waals surface area contributed by atoms with E-state index in [1.165, 1.54) is 10.4 Å². The smallest absolute Gasteiger partial charge is 0.183 e. The van der Waals surface area contributed by atoms with Crippen molar-refractivity contribution in [2.45, 2.75) is 12.5 Å². The van der Waals surface area contributed by atoms with Gasteiger partial charge in [0.05, 0.1) is 10.5 Å². The summed E-state index contributed by atoms with van der Waals surface area (Å²) in [6.07, 6.45) is 1.12. The lowest BCUT2D eigenvalue weighted by molar-refractivity contribution is 0.424. The Morgan fingerprint density at radius 3 is 3.06 bits per heavy atom. The average Bonchev–Trinajstić information content (AvgIpc) is 2.85. The van der Waals surface area contributed by atoms with E-state index in [2.05, 4.69) is 48.6 Å². The second kappa shape index (κ2) is 4.29. The monoisotopic (exact) mass is 361 g/mol. The molecule has 0 spiro atoms. The molecule has 16 heavy (non-hydrogen) atoms. The van der Waals surface area contributed by atoms with Gasteiger partial charge in [-0.25, -0.2) is 0 Å². The van der Waals surface area contributed by atoms with E-state index in [0.29, 0.717) is 0 Å². The minimum atomic E-state index is 0.192. The molecule has 84 valence electrons. The van der Waals surface area contributed by atoms with E-state index in [0.717, 1.165) is 27.9 Å². The van der Waals surface area contributed by atoms with Gasteiger partial charge in [-0.1, -0.05) is 0 Å². The summed E-state index contributed by atoms with van der Waals surface area (Å²) in [5.41, 5.74) is 1.35. The predicted octanol–water partition coefficient (Wildman–Crippen LogP) is 4.10. The van der Waals surface area contributed by atoms with Crippen LogP contribution in [0.15, 0.2) is 31.1 Å². The fraction of sp³-hybridized carbons (Fsp3) is 0.273. The fourth-order valence-electron chi connectivity index (χ4n) is 2.01. The zero-order chi connectivity index (χ0) is 11.1. The molecule has 5 heteroatoms. The first-order valence-corrected chi connectivity index (χ1v) is 7.46. The Morgan fingerprint density at radius 1 is 1.44 bits per heavy atom. The summed E-state index contributed by atoms with van der Waals surface area (Å²) in [6, 6.07) is 4.40. The van der Waals surface area contributed by atoms with Gasteiger partial charge in [-0.2, -0.15) is 0 Å². The Labute approximate surface area is 114 Å². The number of rotatable bonds is 1. The molecule has 1 aliphatic heterocycles. The van der Waals surface area contributed by atoms with Crippen LogP contribution in [0.5, 0.6) is 0 Å². The van der Waals surface area contributed by atoms with Crippen molar-refractivity contribution in [3.05, 3.63) is 42.9 Å². The molecule has 0 bridgehead atoms. The third kappa shape index (κ3) is 1.79. The van der Waals surface area contributed by atoms with Crippen molar-refractivity contribution in [2.24, 2.45) is 0 Å². The SMILES string of the molecule is Brc1cc(C2NCCc3sccc32)oc1Br. The summed E-state index contributed by atoms with van der Waals surface area (Å²) in [7, 11) is 0. The lowest BCUT2D eigenvalue weighted by atomic mass is 10.0. The number of hydrogen-bond donors (Lipinski definition) is 1. The first kappa shape index (κ1) is 11.0. The Kier molecular flexibility index (Phi) is 2.96. The lowest BCUT2D eigenvalue weighted by Gasteiger charge is -2.22. The molecule has 1 aliphatic rings. The molecule has 2 aromatic rings. The fourth-order valence-corrected chi connectivity index (χ4v) is 3.54. The summed E-state index contributed by atoms with van der Waals surface area (Å²) in [4.78, 5) is 1.47. The highest BCUT2D eigenvalue weighted by molar-refractivity contribution is 9.13. The van der Waals surface area contributed by atoms with E-state index in [1.54, 1.807) is 0 Å². The van der Waals surface area contributed by atoms with Gasteiger partial charge >= 0.3 is 0 Å². The number of fused-ring (bicyclic) bond motifs is 1. The Balaban J connectivity index is 2.03. The van der Waals surface area contributed by atoms with Gasteiger partial charge in [0.1, 0.15) is 5.76 Å². The number of furan rings is 1. The summed E-state index contributed by atoms with van der Waals surface area (Å²) in [5, 5.41) is 5.64. The standard InChI is InChI=1S/C11H9Br2NOS/c12-7-5-8(15-11(7)13)10-6-2-4-16-9(6)1-3-14-10/h2,4-5,10,14H,1,3H2. The molecule has 0 amide bonds. The quantitative estimate of drug-likeness (QED) is 0.826. The number of thiophene rings is 1. The molecular formula is C11H9Br2NOS. The minimum Gasteiger partial charge on any atom is -0.451 e. The topological polar surface area (TPSA) is 25.2 Å². The summed E-state index contributed by atoms with van der Waals surface area (Å²) < 4.78 is 7.41. The molecule has 3 rings (SSSR count). The maximum absolute atomic E-state index is 5.69. The average molecular weight is 363 g/mol. The second-order valence-corrected chi connectivity index (χ2v) is 6.28. The van der Waals surface area contributed by atoms with Crippen molar-refractivity contribution in [3.8, 4) is 0 Å². The van der Waals surface area contributed by atoms with Gasteiger partial charge in [-0.3, -0.25) is 0 Å². The van der Waals surface area contributed by atoms with Gasteiger partial charge in [-0.05, 0) is 61.4 Å². The van der Waals surface area contributed by atoms with Crippen LogP contribution in [-0.4, -0.2) is 6.54 Å². The van der Waals surface area contributed by atoms with E-state index in [-0.39, 0.29) is 6.04 Å². The van der Waals surface area contributed by atoms with E-state index < -0.39 is 0 Å². The van der Waals surface area contributed by atoms with E-state index in [1.807, 2.05) is 17.4 Å². The van der Waals surface area contributed by atoms with Crippen LogP contribution in [0.1, 0.15) is 22.2 Å². The molecular weight excluding hydrogens is 354 g/mol. The Bertz CT molecular complexity index is 500. The molecule has 0 saturated heterocycles. The number of halogens is 2. The molecule has 2 nitrogen and oxygen atoms in total. The van der Waals surface area contributed by atoms with Crippen LogP contribution in [0.4, 0.5) is 0 Å². The molecule has 2 aromatic heterocycles. The van der Waals surface area contributed by atoms with Crippen molar-refractivity contribution in [2.75, 3.05) is 6.54 Å². The lowest BCUT2D eigenvalue weighted by Crippen LogP contribution is -2.29. The van der Waals surface area contributed by atoms with Crippen LogP contribution in [0.3, 0.4) is 0 Å². The first-order chi connectivity index (χ1) is 7.75. The van der Waals surface area contributed by atoms with Crippen LogP contribution in [0, 0.1) is 0 Å². The number of hydrogen-bond acceptors (Lipinski definition) is 3. The van der Waals surface area contributed by atoms with Gasteiger partial charge in [-0.15, -0.1) is 11.3 Å². The molecule has 1 atom stereocenters. The number of nitrogens with one attached hydrogen (secondary N) is 1. The van der Waals surface area contributed by atoms with Crippen molar-refractivity contribution in [1.82, 2.24) is 5.32 Å². The Morgan fingerprint density at radius 2 is 2.31 bits per heavy atom. The zero-order valence-corrected chi connectivity index (χ0v) is 12.3. The van der Waals surface area contributed by atoms with E-state index in [9.17, 15) is 0 Å². The Hall–Kier alpha value is -0.100. The first-order valence-electron chi connectivity index (χ1n) is 5.00. The molecule has 1 N–H and O–H groups in total. The van der Waals surface area contributed by atoms with Crippen molar-refractivity contribution < 1.29 is 4.42 Å². The van der Waals surface area contributed by atoms with Crippen molar-refractivity contribution >= 4 is 43.2 Å².